The fraction of sp³-hybridized carbons (Fsp3) is 0.364. The molecule has 4 rings (SSSR count). The Bertz CT molecular complexity index is 814. The molecule has 0 aliphatic carbocycles. The number of benzene rings is 2. The Morgan fingerprint density at radius 1 is 0.893 bits per heavy atom. The third-order valence-corrected chi connectivity index (χ3v) is 5.46. The molecule has 6 nitrogen and oxygen atoms in total. The van der Waals surface area contributed by atoms with Crippen LogP contribution in [0.2, 0.25) is 0 Å². The molecule has 0 unspecified atom stereocenters. The second-order valence-corrected chi connectivity index (χ2v) is 7.39. The average molecular weight is 378 g/mol. The predicted octanol–water partition coefficient (Wildman–Crippen LogP) is 3.60. The number of hydrogen-bond donors (Lipinski definition) is 2. The van der Waals surface area contributed by atoms with Gasteiger partial charge in [0.2, 0.25) is 5.91 Å². The summed E-state index contributed by atoms with van der Waals surface area (Å²) in [5.74, 6) is 0.167. The van der Waals surface area contributed by atoms with E-state index in [4.69, 9.17) is 0 Å². The van der Waals surface area contributed by atoms with Crippen LogP contribution in [0.5, 0.6) is 0 Å². The zero-order chi connectivity index (χ0) is 19.3. The summed E-state index contributed by atoms with van der Waals surface area (Å²) in [4.78, 5) is 28.3. The smallest absolute Gasteiger partial charge is 0.319 e. The number of carbonyl (C=O) groups is 2. The largest absolute Gasteiger partial charge is 0.371 e. The van der Waals surface area contributed by atoms with Crippen LogP contribution in [-0.2, 0) is 4.79 Å². The second-order valence-electron chi connectivity index (χ2n) is 7.39. The standard InChI is InChI=1S/C22H26N4O2/c27-21-7-4-14-26(21)20-10-8-17(9-11-20)23-22(28)24-18-12-15-25(16-13-18)19-5-2-1-3-6-19/h1-3,5-6,8-11,18H,4,7,12-16H2,(H2,23,24,28). The Labute approximate surface area is 165 Å². The summed E-state index contributed by atoms with van der Waals surface area (Å²) in [6, 6.07) is 17.9. The molecule has 146 valence electrons. The van der Waals surface area contributed by atoms with Crippen molar-refractivity contribution in [2.75, 3.05) is 34.8 Å². The van der Waals surface area contributed by atoms with E-state index in [9.17, 15) is 9.59 Å². The lowest BCUT2D eigenvalue weighted by molar-refractivity contribution is -0.117. The maximum Gasteiger partial charge on any atom is 0.319 e. The topological polar surface area (TPSA) is 64.7 Å². The number of para-hydroxylation sites is 1. The van der Waals surface area contributed by atoms with Gasteiger partial charge in [-0.3, -0.25) is 4.79 Å². The van der Waals surface area contributed by atoms with E-state index >= 15 is 0 Å². The number of piperidine rings is 1. The highest BCUT2D eigenvalue weighted by molar-refractivity contribution is 5.96. The van der Waals surface area contributed by atoms with Gasteiger partial charge >= 0.3 is 6.03 Å². The highest BCUT2D eigenvalue weighted by Gasteiger charge is 2.22. The summed E-state index contributed by atoms with van der Waals surface area (Å²) in [6.07, 6.45) is 3.38. The number of amides is 3. The van der Waals surface area contributed by atoms with Crippen molar-refractivity contribution in [1.29, 1.82) is 0 Å². The first-order chi connectivity index (χ1) is 13.7. The lowest BCUT2D eigenvalue weighted by Crippen LogP contribution is -2.46. The zero-order valence-electron chi connectivity index (χ0n) is 15.9. The van der Waals surface area contributed by atoms with Gasteiger partial charge in [-0.2, -0.15) is 0 Å². The van der Waals surface area contributed by atoms with E-state index in [0.29, 0.717) is 6.42 Å². The van der Waals surface area contributed by atoms with Crippen LogP contribution in [0.25, 0.3) is 0 Å². The summed E-state index contributed by atoms with van der Waals surface area (Å²) in [6.45, 7) is 2.65. The molecule has 2 aliphatic heterocycles. The number of anilines is 3. The summed E-state index contributed by atoms with van der Waals surface area (Å²) in [7, 11) is 0. The monoisotopic (exact) mass is 378 g/mol. The molecule has 0 saturated carbocycles. The average Bonchev–Trinajstić information content (AvgIpc) is 3.16. The number of rotatable bonds is 4. The summed E-state index contributed by atoms with van der Waals surface area (Å²) < 4.78 is 0. The van der Waals surface area contributed by atoms with E-state index in [1.165, 1.54) is 5.69 Å². The van der Waals surface area contributed by atoms with E-state index in [-0.39, 0.29) is 18.0 Å². The number of hydrogen-bond acceptors (Lipinski definition) is 3. The Balaban J connectivity index is 1.25. The fourth-order valence-corrected chi connectivity index (χ4v) is 3.92. The van der Waals surface area contributed by atoms with Crippen molar-refractivity contribution in [2.24, 2.45) is 0 Å². The van der Waals surface area contributed by atoms with Crippen LogP contribution in [0.15, 0.2) is 54.6 Å². The third-order valence-electron chi connectivity index (χ3n) is 5.46. The van der Waals surface area contributed by atoms with Crippen molar-refractivity contribution in [3.05, 3.63) is 54.6 Å². The minimum Gasteiger partial charge on any atom is -0.371 e. The number of urea groups is 1. The van der Waals surface area contributed by atoms with Gasteiger partial charge in [0.15, 0.2) is 0 Å². The van der Waals surface area contributed by atoms with E-state index in [1.54, 1.807) is 4.90 Å². The van der Waals surface area contributed by atoms with Crippen LogP contribution < -0.4 is 20.4 Å². The van der Waals surface area contributed by atoms with Gasteiger partial charge in [-0.15, -0.1) is 0 Å². The van der Waals surface area contributed by atoms with Crippen molar-refractivity contribution in [3.63, 3.8) is 0 Å². The van der Waals surface area contributed by atoms with Gasteiger partial charge in [0.1, 0.15) is 0 Å². The molecule has 2 aromatic rings. The molecule has 2 aliphatic rings. The molecular weight excluding hydrogens is 352 g/mol. The minimum atomic E-state index is -0.178. The van der Waals surface area contributed by atoms with Crippen LogP contribution in [-0.4, -0.2) is 37.6 Å². The van der Waals surface area contributed by atoms with Crippen molar-refractivity contribution >= 4 is 29.0 Å². The SMILES string of the molecule is O=C(Nc1ccc(N2CCCC2=O)cc1)NC1CCN(c2ccccc2)CC1. The normalized spacial score (nSPS) is 17.6. The van der Waals surface area contributed by atoms with Gasteiger partial charge in [0.25, 0.3) is 0 Å². The molecule has 0 spiro atoms. The maximum atomic E-state index is 12.3. The van der Waals surface area contributed by atoms with E-state index in [2.05, 4.69) is 39.8 Å². The summed E-state index contributed by atoms with van der Waals surface area (Å²) in [5, 5.41) is 5.97. The minimum absolute atomic E-state index is 0.167. The van der Waals surface area contributed by atoms with Crippen LogP contribution >= 0.6 is 0 Å². The fourth-order valence-electron chi connectivity index (χ4n) is 3.92. The summed E-state index contributed by atoms with van der Waals surface area (Å²) in [5.41, 5.74) is 2.86. The first kappa shape index (κ1) is 18.3. The highest BCUT2D eigenvalue weighted by Crippen LogP contribution is 2.23. The molecule has 2 N–H and O–H groups in total. The molecule has 2 aromatic carbocycles. The first-order valence-corrected chi connectivity index (χ1v) is 9.97. The van der Waals surface area contributed by atoms with Gasteiger partial charge in [0, 0.05) is 49.2 Å². The maximum absolute atomic E-state index is 12.3. The van der Waals surface area contributed by atoms with Crippen molar-refractivity contribution < 1.29 is 9.59 Å². The molecule has 3 amide bonds. The third kappa shape index (κ3) is 4.27. The van der Waals surface area contributed by atoms with Gasteiger partial charge < -0.3 is 20.4 Å². The second kappa shape index (κ2) is 8.33. The molecule has 28 heavy (non-hydrogen) atoms. The lowest BCUT2D eigenvalue weighted by Gasteiger charge is -2.34. The molecule has 2 fully saturated rings. The van der Waals surface area contributed by atoms with Crippen molar-refractivity contribution in [3.8, 4) is 0 Å². The Kier molecular flexibility index (Phi) is 5.46. The lowest BCUT2D eigenvalue weighted by atomic mass is 10.0. The quantitative estimate of drug-likeness (QED) is 0.854. The van der Waals surface area contributed by atoms with Crippen molar-refractivity contribution in [1.82, 2.24) is 5.32 Å². The van der Waals surface area contributed by atoms with Crippen LogP contribution in [0, 0.1) is 0 Å². The molecule has 2 heterocycles. The summed E-state index contributed by atoms with van der Waals surface area (Å²) >= 11 is 0. The molecule has 0 aromatic heterocycles. The molecule has 6 heteroatoms. The Morgan fingerprint density at radius 3 is 2.25 bits per heavy atom. The number of nitrogens with one attached hydrogen (secondary N) is 2. The Morgan fingerprint density at radius 2 is 1.61 bits per heavy atom. The predicted molar refractivity (Wildman–Crippen MR) is 112 cm³/mol. The zero-order valence-corrected chi connectivity index (χ0v) is 15.9. The molecule has 0 bridgehead atoms. The first-order valence-electron chi connectivity index (χ1n) is 9.97. The van der Waals surface area contributed by atoms with Crippen LogP contribution in [0.3, 0.4) is 0 Å². The van der Waals surface area contributed by atoms with Crippen LogP contribution in [0.4, 0.5) is 21.9 Å². The van der Waals surface area contributed by atoms with E-state index < -0.39 is 0 Å². The molecule has 0 atom stereocenters. The number of carbonyl (C=O) groups excluding carboxylic acids is 2. The highest BCUT2D eigenvalue weighted by atomic mass is 16.2. The molecular formula is C22H26N4O2. The van der Waals surface area contributed by atoms with Crippen molar-refractivity contribution in [2.45, 2.75) is 31.7 Å². The molecule has 2 saturated heterocycles. The van der Waals surface area contributed by atoms with Gasteiger partial charge in [0.05, 0.1) is 0 Å². The van der Waals surface area contributed by atoms with Gasteiger partial charge in [-0.25, -0.2) is 4.79 Å². The Hall–Kier alpha value is -3.02. The van der Waals surface area contributed by atoms with E-state index in [1.807, 2.05) is 30.3 Å². The number of nitrogens with zero attached hydrogens (tertiary/aromatic N) is 2. The van der Waals surface area contributed by atoms with Gasteiger partial charge in [-0.05, 0) is 55.7 Å². The molecule has 0 radical (unpaired) electrons. The van der Waals surface area contributed by atoms with Crippen LogP contribution in [0.1, 0.15) is 25.7 Å². The van der Waals surface area contributed by atoms with E-state index in [0.717, 1.165) is 50.3 Å². The van der Waals surface area contributed by atoms with Gasteiger partial charge in [-0.1, -0.05) is 18.2 Å².